The molecule has 0 aliphatic heterocycles. The summed E-state index contributed by atoms with van der Waals surface area (Å²) in [6.45, 7) is 0.203. The van der Waals surface area contributed by atoms with Crippen molar-refractivity contribution < 1.29 is 19.2 Å². The summed E-state index contributed by atoms with van der Waals surface area (Å²) in [6.07, 6.45) is 1.18. The fourth-order valence-corrected chi connectivity index (χ4v) is 2.02. The van der Waals surface area contributed by atoms with Crippen molar-refractivity contribution in [2.24, 2.45) is 5.16 Å². The molecule has 2 aromatic carbocycles. The second-order valence-electron chi connectivity index (χ2n) is 4.99. The van der Waals surface area contributed by atoms with E-state index < -0.39 is 17.9 Å². The highest BCUT2D eigenvalue weighted by atomic mass is 35.5. The number of rotatable bonds is 7. The lowest BCUT2D eigenvalue weighted by atomic mass is 10.2. The third kappa shape index (κ3) is 5.93. The summed E-state index contributed by atoms with van der Waals surface area (Å²) in [7, 11) is 1.23. The first-order valence-corrected chi connectivity index (χ1v) is 7.81. The van der Waals surface area contributed by atoms with Crippen molar-refractivity contribution in [1.29, 1.82) is 0 Å². The molecule has 6 nitrogen and oxygen atoms in total. The number of halogens is 1. The van der Waals surface area contributed by atoms with Crippen molar-refractivity contribution in [3.05, 3.63) is 70.7 Å². The summed E-state index contributed by atoms with van der Waals surface area (Å²) in [4.78, 5) is 29.0. The molecule has 1 N–H and O–H groups in total. The van der Waals surface area contributed by atoms with Crippen LogP contribution in [0, 0.1) is 0 Å². The van der Waals surface area contributed by atoms with Gasteiger partial charge in [-0.3, -0.25) is 4.79 Å². The van der Waals surface area contributed by atoms with Crippen molar-refractivity contribution in [3.63, 3.8) is 0 Å². The lowest BCUT2D eigenvalue weighted by molar-refractivity contribution is -0.140. The van der Waals surface area contributed by atoms with Gasteiger partial charge in [0, 0.05) is 10.6 Å². The molecule has 0 fully saturated rings. The van der Waals surface area contributed by atoms with Gasteiger partial charge in [-0.1, -0.05) is 47.1 Å². The van der Waals surface area contributed by atoms with Crippen molar-refractivity contribution in [3.8, 4) is 0 Å². The maximum absolute atomic E-state index is 12.1. The van der Waals surface area contributed by atoms with Crippen LogP contribution >= 0.6 is 11.6 Å². The highest BCUT2D eigenvalue weighted by Crippen LogP contribution is 2.10. The summed E-state index contributed by atoms with van der Waals surface area (Å²) in [5, 5.41) is 6.89. The minimum Gasteiger partial charge on any atom is -0.467 e. The van der Waals surface area contributed by atoms with Crippen LogP contribution in [0.25, 0.3) is 0 Å². The molecular weight excluding hydrogens is 344 g/mol. The molecule has 0 aliphatic carbocycles. The van der Waals surface area contributed by atoms with Gasteiger partial charge >= 0.3 is 5.97 Å². The molecule has 1 atom stereocenters. The van der Waals surface area contributed by atoms with Crippen LogP contribution in [-0.2, 0) is 21.0 Å². The molecule has 25 heavy (non-hydrogen) atoms. The Morgan fingerprint density at radius 3 is 2.48 bits per heavy atom. The second kappa shape index (κ2) is 9.44. The smallest absolute Gasteiger partial charge is 0.334 e. The molecule has 130 valence electrons. The van der Waals surface area contributed by atoms with Gasteiger partial charge in [0.1, 0.15) is 6.61 Å². The van der Waals surface area contributed by atoms with Crippen LogP contribution in [0.3, 0.4) is 0 Å². The maximum atomic E-state index is 12.1. The molecular formula is C18H17ClN2O4. The van der Waals surface area contributed by atoms with Crippen LogP contribution < -0.4 is 5.32 Å². The first-order chi connectivity index (χ1) is 12.1. The SMILES string of the molecule is COC(=O)C(C=NOCc1ccc(Cl)cc1)NC(=O)c1ccccc1. The van der Waals surface area contributed by atoms with E-state index in [0.717, 1.165) is 5.56 Å². The Balaban J connectivity index is 1.94. The predicted molar refractivity (Wildman–Crippen MR) is 94.4 cm³/mol. The maximum Gasteiger partial charge on any atom is 0.334 e. The lowest BCUT2D eigenvalue weighted by Crippen LogP contribution is -2.42. The summed E-state index contributed by atoms with van der Waals surface area (Å²) in [5.74, 6) is -1.07. The molecule has 0 radical (unpaired) electrons. The largest absolute Gasteiger partial charge is 0.467 e. The fraction of sp³-hybridized carbons (Fsp3) is 0.167. The molecule has 1 amide bonds. The molecule has 2 aromatic rings. The minimum atomic E-state index is -1.05. The number of nitrogens with zero attached hydrogens (tertiary/aromatic N) is 1. The number of ether oxygens (including phenoxy) is 1. The number of carbonyl (C=O) groups excluding carboxylic acids is 2. The van der Waals surface area contributed by atoms with Crippen LogP contribution in [0.15, 0.2) is 59.8 Å². The summed E-state index contributed by atoms with van der Waals surface area (Å²) >= 11 is 5.80. The third-order valence-corrected chi connectivity index (χ3v) is 3.46. The Hall–Kier alpha value is -2.86. The van der Waals surface area contributed by atoms with E-state index in [9.17, 15) is 9.59 Å². The van der Waals surface area contributed by atoms with Crippen molar-refractivity contribution in [2.75, 3.05) is 7.11 Å². The van der Waals surface area contributed by atoms with Gasteiger partial charge in [0.15, 0.2) is 6.04 Å². The van der Waals surface area contributed by atoms with E-state index in [1.165, 1.54) is 13.3 Å². The summed E-state index contributed by atoms with van der Waals surface area (Å²) < 4.78 is 4.66. The molecule has 0 bridgehead atoms. The average Bonchev–Trinajstić information content (AvgIpc) is 2.65. The van der Waals surface area contributed by atoms with Crippen LogP contribution in [0.4, 0.5) is 0 Å². The van der Waals surface area contributed by atoms with Gasteiger partial charge in [-0.05, 0) is 29.8 Å². The zero-order valence-electron chi connectivity index (χ0n) is 13.5. The van der Waals surface area contributed by atoms with Crippen molar-refractivity contribution in [1.82, 2.24) is 5.32 Å². The lowest BCUT2D eigenvalue weighted by Gasteiger charge is -2.12. The summed E-state index contributed by atoms with van der Waals surface area (Å²) in [6, 6.07) is 14.5. The zero-order valence-corrected chi connectivity index (χ0v) is 14.3. The molecule has 0 heterocycles. The van der Waals surface area contributed by atoms with E-state index in [0.29, 0.717) is 10.6 Å². The molecule has 2 rings (SSSR count). The minimum absolute atomic E-state index is 0.203. The number of nitrogens with one attached hydrogen (secondary N) is 1. The van der Waals surface area contributed by atoms with Gasteiger partial charge in [0.2, 0.25) is 0 Å². The number of methoxy groups -OCH3 is 1. The number of amides is 1. The summed E-state index contributed by atoms with van der Waals surface area (Å²) in [5.41, 5.74) is 1.29. The number of esters is 1. The van der Waals surface area contributed by atoms with E-state index in [4.69, 9.17) is 16.4 Å². The zero-order chi connectivity index (χ0) is 18.1. The Kier molecular flexibility index (Phi) is 6.98. The van der Waals surface area contributed by atoms with Crippen molar-refractivity contribution in [2.45, 2.75) is 12.6 Å². The van der Waals surface area contributed by atoms with E-state index in [1.54, 1.807) is 54.6 Å². The molecule has 0 saturated heterocycles. The highest BCUT2D eigenvalue weighted by molar-refractivity contribution is 6.30. The van der Waals surface area contributed by atoms with Crippen LogP contribution in [0.2, 0.25) is 5.02 Å². The normalized spacial score (nSPS) is 11.8. The Morgan fingerprint density at radius 1 is 1.16 bits per heavy atom. The highest BCUT2D eigenvalue weighted by Gasteiger charge is 2.20. The molecule has 1 unspecified atom stereocenters. The quantitative estimate of drug-likeness (QED) is 0.468. The number of benzene rings is 2. The van der Waals surface area contributed by atoms with Crippen LogP contribution in [0.1, 0.15) is 15.9 Å². The molecule has 0 aliphatic rings. The standard InChI is InChI=1S/C18H17ClN2O4/c1-24-18(23)16(21-17(22)14-5-3-2-4-6-14)11-20-25-12-13-7-9-15(19)10-8-13/h2-11,16H,12H2,1H3,(H,21,22). The van der Waals surface area contributed by atoms with Gasteiger partial charge < -0.3 is 14.9 Å². The first kappa shape index (κ1) is 18.5. The fourth-order valence-electron chi connectivity index (χ4n) is 1.89. The third-order valence-electron chi connectivity index (χ3n) is 3.21. The van der Waals surface area contributed by atoms with Gasteiger partial charge in [-0.15, -0.1) is 0 Å². The monoisotopic (exact) mass is 360 g/mol. The second-order valence-corrected chi connectivity index (χ2v) is 5.43. The molecule has 0 saturated carbocycles. The van der Waals surface area contributed by atoms with E-state index in [1.807, 2.05) is 0 Å². The molecule has 0 spiro atoms. The Bertz CT molecular complexity index is 733. The van der Waals surface area contributed by atoms with Gasteiger partial charge in [-0.25, -0.2) is 4.79 Å². The molecule has 7 heteroatoms. The number of oxime groups is 1. The van der Waals surface area contributed by atoms with Gasteiger partial charge in [0.05, 0.1) is 13.3 Å². The number of carbonyl (C=O) groups is 2. The molecule has 0 aromatic heterocycles. The van der Waals surface area contributed by atoms with Crippen molar-refractivity contribution >= 4 is 29.7 Å². The Morgan fingerprint density at radius 2 is 1.84 bits per heavy atom. The van der Waals surface area contributed by atoms with Crippen LogP contribution in [-0.4, -0.2) is 31.2 Å². The number of hydrogen-bond acceptors (Lipinski definition) is 5. The topological polar surface area (TPSA) is 77.0 Å². The van der Waals surface area contributed by atoms with Gasteiger partial charge in [0.25, 0.3) is 5.91 Å². The van der Waals surface area contributed by atoms with E-state index in [-0.39, 0.29) is 6.61 Å². The Labute approximate surface area is 150 Å². The predicted octanol–water partition coefficient (Wildman–Crippen LogP) is 2.81. The first-order valence-electron chi connectivity index (χ1n) is 7.44. The average molecular weight is 361 g/mol. The van der Waals surface area contributed by atoms with E-state index in [2.05, 4.69) is 15.2 Å². The van der Waals surface area contributed by atoms with Gasteiger partial charge in [-0.2, -0.15) is 0 Å². The number of hydrogen-bond donors (Lipinski definition) is 1. The van der Waals surface area contributed by atoms with Crippen LogP contribution in [0.5, 0.6) is 0 Å². The van der Waals surface area contributed by atoms with E-state index >= 15 is 0 Å².